The van der Waals surface area contributed by atoms with Gasteiger partial charge in [-0.15, -0.1) is 0 Å². The van der Waals surface area contributed by atoms with Crippen molar-refractivity contribution in [1.82, 2.24) is 5.01 Å². The Kier molecular flexibility index (Phi) is 8.70. The van der Waals surface area contributed by atoms with Gasteiger partial charge in [0.05, 0.1) is 0 Å². The number of rotatable bonds is 5. The van der Waals surface area contributed by atoms with Crippen LogP contribution in [0.2, 0.25) is 15.9 Å². The second-order valence-corrected chi connectivity index (χ2v) is 10.9. The molecule has 0 bridgehead atoms. The molecule has 3 aromatic rings. The van der Waals surface area contributed by atoms with Crippen molar-refractivity contribution in [2.45, 2.75) is 23.1 Å². The molecule has 9 heteroatoms. The third-order valence-corrected chi connectivity index (χ3v) is 7.54. The molecular formula is C25H23Cl2N5SSe. The SMILES string of the molecule is C[Se]/C(N)=N\C(=N\Sc1ccc(Cl)cc1)N1CCC(c2ccccc2)C(c2ccc(Cl)cc2)=N1. The number of hydrazone groups is 1. The van der Waals surface area contributed by atoms with Gasteiger partial charge in [0, 0.05) is 0 Å². The molecular weight excluding hydrogens is 552 g/mol. The van der Waals surface area contributed by atoms with E-state index in [0.717, 1.165) is 22.6 Å². The third kappa shape index (κ3) is 6.44. The maximum absolute atomic E-state index is 6.16. The van der Waals surface area contributed by atoms with Crippen LogP contribution in [0.1, 0.15) is 23.5 Å². The summed E-state index contributed by atoms with van der Waals surface area (Å²) >= 11 is 13.6. The van der Waals surface area contributed by atoms with Gasteiger partial charge in [-0.25, -0.2) is 0 Å². The number of hydrogen-bond acceptors (Lipinski definition) is 3. The number of benzene rings is 3. The minimum absolute atomic E-state index is 0.0663. The Balaban J connectivity index is 1.73. The van der Waals surface area contributed by atoms with Crippen LogP contribution in [-0.4, -0.2) is 42.9 Å². The van der Waals surface area contributed by atoms with Crippen LogP contribution in [0.5, 0.6) is 0 Å². The van der Waals surface area contributed by atoms with Crippen molar-refractivity contribution in [2.75, 3.05) is 6.54 Å². The number of nitrogens with zero attached hydrogens (tertiary/aromatic N) is 4. The van der Waals surface area contributed by atoms with Gasteiger partial charge in [-0.2, -0.15) is 0 Å². The van der Waals surface area contributed by atoms with Crippen LogP contribution in [0, 0.1) is 0 Å². The molecule has 0 amide bonds. The van der Waals surface area contributed by atoms with Crippen molar-refractivity contribution in [3.8, 4) is 0 Å². The van der Waals surface area contributed by atoms with Gasteiger partial charge in [0.2, 0.25) is 0 Å². The third-order valence-electron chi connectivity index (χ3n) is 5.23. The van der Waals surface area contributed by atoms with E-state index in [9.17, 15) is 0 Å². The molecule has 1 heterocycles. The van der Waals surface area contributed by atoms with Crippen molar-refractivity contribution in [1.29, 1.82) is 0 Å². The summed E-state index contributed by atoms with van der Waals surface area (Å²) in [5, 5.41) is 8.27. The zero-order valence-corrected chi connectivity index (χ0v) is 22.5. The number of amidine groups is 1. The summed E-state index contributed by atoms with van der Waals surface area (Å²) < 4.78 is 5.27. The molecule has 5 nitrogen and oxygen atoms in total. The molecule has 0 radical (unpaired) electrons. The second kappa shape index (κ2) is 11.9. The van der Waals surface area contributed by atoms with Gasteiger partial charge in [-0.1, -0.05) is 0 Å². The molecule has 0 aliphatic carbocycles. The number of hydrogen-bond donors (Lipinski definition) is 1. The normalized spacial score (nSPS) is 17.0. The van der Waals surface area contributed by atoms with Crippen LogP contribution >= 0.6 is 35.1 Å². The summed E-state index contributed by atoms with van der Waals surface area (Å²) in [6.45, 7) is 0.671. The van der Waals surface area contributed by atoms with Gasteiger partial charge in [-0.3, -0.25) is 0 Å². The summed E-state index contributed by atoms with van der Waals surface area (Å²) in [7, 11) is 0. The Morgan fingerprint density at radius 1 is 1.00 bits per heavy atom. The quantitative estimate of drug-likeness (QED) is 0.168. The Hall–Kier alpha value is -2.28. The number of halogens is 2. The average molecular weight is 575 g/mol. The van der Waals surface area contributed by atoms with Gasteiger partial charge in [0.1, 0.15) is 0 Å². The van der Waals surface area contributed by atoms with E-state index in [2.05, 4.69) is 29.3 Å². The average Bonchev–Trinajstić information content (AvgIpc) is 2.88. The standard InChI is InChI=1S/C25H23Cl2N5SSe/c1-34-24(28)29-25(31-33-21-13-11-20(27)12-14-21)32-16-15-22(17-5-3-2-4-6-17)23(30-32)18-7-9-19(26)10-8-18/h2-14,22H,15-16H2,1H3,(H2,28,29,31). The first kappa shape index (κ1) is 24.8. The van der Waals surface area contributed by atoms with Crippen LogP contribution in [0.25, 0.3) is 0 Å². The molecule has 0 fully saturated rings. The van der Waals surface area contributed by atoms with Crippen LogP contribution in [0.3, 0.4) is 0 Å². The fraction of sp³-hybridized carbons (Fsp3) is 0.160. The molecule has 174 valence electrons. The molecule has 0 aromatic heterocycles. The van der Waals surface area contributed by atoms with E-state index >= 15 is 0 Å². The Morgan fingerprint density at radius 2 is 1.65 bits per heavy atom. The Labute approximate surface area is 220 Å². The molecule has 0 spiro atoms. The van der Waals surface area contributed by atoms with Crippen LogP contribution in [-0.2, 0) is 0 Å². The molecule has 4 rings (SSSR count). The fourth-order valence-corrected chi connectivity index (χ4v) is 4.73. The molecule has 1 aliphatic rings. The van der Waals surface area contributed by atoms with E-state index in [1.54, 1.807) is 0 Å². The van der Waals surface area contributed by atoms with Crippen LogP contribution in [0.4, 0.5) is 0 Å². The monoisotopic (exact) mass is 575 g/mol. The topological polar surface area (TPSA) is 66.3 Å². The van der Waals surface area contributed by atoms with Crippen molar-refractivity contribution < 1.29 is 0 Å². The van der Waals surface area contributed by atoms with Crippen LogP contribution < -0.4 is 5.73 Å². The Morgan fingerprint density at radius 3 is 2.29 bits per heavy atom. The van der Waals surface area contributed by atoms with Gasteiger partial charge in [0.25, 0.3) is 0 Å². The van der Waals surface area contributed by atoms with Crippen molar-refractivity contribution >= 4 is 66.5 Å². The van der Waals surface area contributed by atoms with Gasteiger partial charge >= 0.3 is 221 Å². The number of nitrogens with two attached hydrogens (primary N) is 1. The minimum atomic E-state index is 0.0663. The van der Waals surface area contributed by atoms with Crippen molar-refractivity contribution in [3.63, 3.8) is 0 Å². The predicted octanol–water partition coefficient (Wildman–Crippen LogP) is 6.32. The second-order valence-electron chi connectivity index (χ2n) is 7.46. The summed E-state index contributed by atoms with van der Waals surface area (Å²) in [6.07, 6.45) is 0.864. The fourth-order valence-electron chi connectivity index (χ4n) is 3.53. The first-order valence-corrected chi connectivity index (χ1v) is 14.7. The Bertz CT molecular complexity index is 1200. The van der Waals surface area contributed by atoms with E-state index in [-0.39, 0.29) is 20.9 Å². The molecule has 1 atom stereocenters. The zero-order valence-electron chi connectivity index (χ0n) is 18.4. The number of aliphatic imine (C=N–C) groups is 1. The summed E-state index contributed by atoms with van der Waals surface area (Å²) in [4.78, 5) is 5.57. The summed E-state index contributed by atoms with van der Waals surface area (Å²) in [5.41, 5.74) is 9.33. The van der Waals surface area contributed by atoms with Crippen molar-refractivity contribution in [3.05, 3.63) is 100 Å². The van der Waals surface area contributed by atoms with Gasteiger partial charge in [-0.05, 0) is 0 Å². The summed E-state index contributed by atoms with van der Waals surface area (Å²) in [6, 6.07) is 25.8. The molecule has 1 aliphatic heterocycles. The van der Waals surface area contributed by atoms with Gasteiger partial charge < -0.3 is 0 Å². The van der Waals surface area contributed by atoms with E-state index < -0.39 is 0 Å². The molecule has 1 unspecified atom stereocenters. The van der Waals surface area contributed by atoms with E-state index in [1.807, 2.05) is 65.4 Å². The van der Waals surface area contributed by atoms with E-state index in [1.165, 1.54) is 17.5 Å². The molecule has 0 saturated carbocycles. The van der Waals surface area contributed by atoms with Crippen molar-refractivity contribution in [2.24, 2.45) is 20.2 Å². The first-order valence-electron chi connectivity index (χ1n) is 10.6. The van der Waals surface area contributed by atoms with Crippen LogP contribution in [0.15, 0.2) is 98.2 Å². The summed E-state index contributed by atoms with van der Waals surface area (Å²) in [5.74, 6) is 2.67. The molecule has 0 saturated heterocycles. The predicted molar refractivity (Wildman–Crippen MR) is 146 cm³/mol. The maximum atomic E-state index is 6.16. The molecule has 3 aromatic carbocycles. The van der Waals surface area contributed by atoms with E-state index in [0.29, 0.717) is 27.3 Å². The molecule has 34 heavy (non-hydrogen) atoms. The van der Waals surface area contributed by atoms with Gasteiger partial charge in [0.15, 0.2) is 0 Å². The number of guanidine groups is 1. The van der Waals surface area contributed by atoms with E-state index in [4.69, 9.17) is 38.4 Å². The first-order chi connectivity index (χ1) is 16.5. The zero-order chi connectivity index (χ0) is 23.9. The molecule has 2 N–H and O–H groups in total.